The summed E-state index contributed by atoms with van der Waals surface area (Å²) in [5.74, 6) is -0.0455. The smallest absolute Gasteiger partial charge is 0.246 e. The lowest BCUT2D eigenvalue weighted by atomic mass is 10.2. The fourth-order valence-corrected chi connectivity index (χ4v) is 0.908. The zero-order valence-corrected chi connectivity index (χ0v) is 10.1. The SMILES string of the molecule is CC(C)(C)OCC(=O)NCCCBr. The van der Waals surface area contributed by atoms with Crippen LogP contribution in [0, 0.1) is 0 Å². The minimum absolute atomic E-state index is 0.0455. The molecule has 0 aromatic rings. The van der Waals surface area contributed by atoms with Gasteiger partial charge in [0.25, 0.3) is 0 Å². The zero-order chi connectivity index (χ0) is 10.3. The average molecular weight is 252 g/mol. The van der Waals surface area contributed by atoms with Gasteiger partial charge in [-0.25, -0.2) is 0 Å². The number of rotatable bonds is 5. The zero-order valence-electron chi connectivity index (χ0n) is 8.52. The Morgan fingerprint density at radius 1 is 1.46 bits per heavy atom. The molecule has 3 nitrogen and oxygen atoms in total. The first-order valence-electron chi connectivity index (χ1n) is 4.42. The number of carbonyl (C=O) groups is 1. The second-order valence-corrected chi connectivity index (χ2v) is 4.59. The molecule has 0 atom stereocenters. The predicted octanol–water partition coefficient (Wildman–Crippen LogP) is 1.70. The molecular weight excluding hydrogens is 234 g/mol. The summed E-state index contributed by atoms with van der Waals surface area (Å²) in [6.45, 7) is 6.64. The summed E-state index contributed by atoms with van der Waals surface area (Å²) >= 11 is 3.29. The molecular formula is C9H18BrNO2. The molecule has 13 heavy (non-hydrogen) atoms. The van der Waals surface area contributed by atoms with Crippen LogP contribution in [0.25, 0.3) is 0 Å². The Kier molecular flexibility index (Phi) is 6.33. The maximum absolute atomic E-state index is 11.1. The van der Waals surface area contributed by atoms with Gasteiger partial charge < -0.3 is 10.1 Å². The molecule has 78 valence electrons. The molecule has 1 N–H and O–H groups in total. The molecule has 0 rings (SSSR count). The molecule has 0 fully saturated rings. The van der Waals surface area contributed by atoms with Gasteiger partial charge in [-0.15, -0.1) is 0 Å². The Morgan fingerprint density at radius 3 is 2.54 bits per heavy atom. The Labute approximate surface area is 88.4 Å². The number of alkyl halides is 1. The molecule has 0 spiro atoms. The van der Waals surface area contributed by atoms with Crippen molar-refractivity contribution in [3.63, 3.8) is 0 Å². The van der Waals surface area contributed by atoms with E-state index in [1.54, 1.807) is 0 Å². The third-order valence-electron chi connectivity index (χ3n) is 1.27. The van der Waals surface area contributed by atoms with Crippen molar-refractivity contribution >= 4 is 21.8 Å². The van der Waals surface area contributed by atoms with E-state index in [1.807, 2.05) is 20.8 Å². The Balaban J connectivity index is 3.41. The molecule has 0 bridgehead atoms. The maximum Gasteiger partial charge on any atom is 0.246 e. The first-order chi connectivity index (χ1) is 5.95. The lowest BCUT2D eigenvalue weighted by molar-refractivity contribution is -0.130. The minimum atomic E-state index is -0.243. The first-order valence-corrected chi connectivity index (χ1v) is 5.54. The summed E-state index contributed by atoms with van der Waals surface area (Å²) in [4.78, 5) is 11.1. The number of carbonyl (C=O) groups excluding carboxylic acids is 1. The van der Waals surface area contributed by atoms with Crippen LogP contribution in [0.4, 0.5) is 0 Å². The van der Waals surface area contributed by atoms with Crippen LogP contribution in [0.15, 0.2) is 0 Å². The van der Waals surface area contributed by atoms with Crippen LogP contribution in [0.5, 0.6) is 0 Å². The standard InChI is InChI=1S/C9H18BrNO2/c1-9(2,3)13-7-8(12)11-6-4-5-10/h4-7H2,1-3H3,(H,11,12). The van der Waals surface area contributed by atoms with Crippen LogP contribution in [-0.4, -0.2) is 30.0 Å². The van der Waals surface area contributed by atoms with Gasteiger partial charge in [0.2, 0.25) is 5.91 Å². The third kappa shape index (κ3) is 9.83. The summed E-state index contributed by atoms with van der Waals surface area (Å²) in [6.07, 6.45) is 0.946. The molecule has 0 unspecified atom stereocenters. The van der Waals surface area contributed by atoms with Gasteiger partial charge in [-0.3, -0.25) is 4.79 Å². The molecule has 1 amide bonds. The molecule has 0 aliphatic rings. The molecule has 0 saturated carbocycles. The molecule has 0 aromatic heterocycles. The minimum Gasteiger partial charge on any atom is -0.366 e. The molecule has 4 heteroatoms. The summed E-state index contributed by atoms with van der Waals surface area (Å²) in [5, 5.41) is 3.67. The van der Waals surface area contributed by atoms with Crippen molar-refractivity contribution in [3.8, 4) is 0 Å². The van der Waals surface area contributed by atoms with E-state index in [-0.39, 0.29) is 18.1 Å². The lowest BCUT2D eigenvalue weighted by Gasteiger charge is -2.18. The molecule has 0 aromatic carbocycles. The van der Waals surface area contributed by atoms with Crippen molar-refractivity contribution in [1.82, 2.24) is 5.32 Å². The Hall–Kier alpha value is -0.0900. The van der Waals surface area contributed by atoms with E-state index in [9.17, 15) is 4.79 Å². The second-order valence-electron chi connectivity index (χ2n) is 3.79. The van der Waals surface area contributed by atoms with Crippen molar-refractivity contribution in [1.29, 1.82) is 0 Å². The molecule has 0 radical (unpaired) electrons. The van der Waals surface area contributed by atoms with Crippen LogP contribution in [0.2, 0.25) is 0 Å². The number of amides is 1. The van der Waals surface area contributed by atoms with Gasteiger partial charge in [-0.2, -0.15) is 0 Å². The highest BCUT2D eigenvalue weighted by molar-refractivity contribution is 9.09. The van der Waals surface area contributed by atoms with E-state index >= 15 is 0 Å². The van der Waals surface area contributed by atoms with Gasteiger partial charge in [0, 0.05) is 11.9 Å². The summed E-state index contributed by atoms with van der Waals surface area (Å²) < 4.78 is 5.30. The normalized spacial score (nSPS) is 11.4. The summed E-state index contributed by atoms with van der Waals surface area (Å²) in [5.41, 5.74) is -0.243. The van der Waals surface area contributed by atoms with Crippen molar-refractivity contribution in [2.75, 3.05) is 18.5 Å². The third-order valence-corrected chi connectivity index (χ3v) is 1.83. The average Bonchev–Trinajstić information content (AvgIpc) is 2.00. The van der Waals surface area contributed by atoms with Crippen LogP contribution in [0.3, 0.4) is 0 Å². The molecule has 0 heterocycles. The molecule has 0 aliphatic heterocycles. The monoisotopic (exact) mass is 251 g/mol. The van der Waals surface area contributed by atoms with Gasteiger partial charge in [-0.05, 0) is 27.2 Å². The van der Waals surface area contributed by atoms with E-state index in [0.717, 1.165) is 11.8 Å². The van der Waals surface area contributed by atoms with Crippen molar-refractivity contribution in [3.05, 3.63) is 0 Å². The van der Waals surface area contributed by atoms with Crippen molar-refractivity contribution in [2.45, 2.75) is 32.8 Å². The Bertz CT molecular complexity index is 154. The lowest BCUT2D eigenvalue weighted by Crippen LogP contribution is -2.32. The van der Waals surface area contributed by atoms with E-state index in [2.05, 4.69) is 21.2 Å². The number of halogens is 1. The van der Waals surface area contributed by atoms with Gasteiger partial charge >= 0.3 is 0 Å². The topological polar surface area (TPSA) is 38.3 Å². The highest BCUT2D eigenvalue weighted by Crippen LogP contribution is 2.05. The van der Waals surface area contributed by atoms with Gasteiger partial charge in [0.15, 0.2) is 0 Å². The Morgan fingerprint density at radius 2 is 2.08 bits per heavy atom. The van der Waals surface area contributed by atoms with Gasteiger partial charge in [0.1, 0.15) is 6.61 Å². The van der Waals surface area contributed by atoms with E-state index in [1.165, 1.54) is 0 Å². The highest BCUT2D eigenvalue weighted by atomic mass is 79.9. The fourth-order valence-electron chi connectivity index (χ4n) is 0.628. The van der Waals surface area contributed by atoms with Gasteiger partial charge in [0.05, 0.1) is 5.60 Å². The number of hydrogen-bond donors (Lipinski definition) is 1. The first kappa shape index (κ1) is 12.9. The van der Waals surface area contributed by atoms with Crippen molar-refractivity contribution in [2.24, 2.45) is 0 Å². The van der Waals surface area contributed by atoms with E-state index in [0.29, 0.717) is 6.54 Å². The molecule has 0 saturated heterocycles. The van der Waals surface area contributed by atoms with Crippen LogP contribution in [0.1, 0.15) is 27.2 Å². The van der Waals surface area contributed by atoms with Crippen molar-refractivity contribution < 1.29 is 9.53 Å². The fraction of sp³-hybridized carbons (Fsp3) is 0.889. The second kappa shape index (κ2) is 6.38. The van der Waals surface area contributed by atoms with E-state index < -0.39 is 0 Å². The summed E-state index contributed by atoms with van der Waals surface area (Å²) in [6, 6.07) is 0. The number of nitrogens with one attached hydrogen (secondary N) is 1. The number of hydrogen-bond acceptors (Lipinski definition) is 2. The summed E-state index contributed by atoms with van der Waals surface area (Å²) in [7, 11) is 0. The molecule has 0 aliphatic carbocycles. The van der Waals surface area contributed by atoms with E-state index in [4.69, 9.17) is 4.74 Å². The van der Waals surface area contributed by atoms with Crippen LogP contribution < -0.4 is 5.32 Å². The van der Waals surface area contributed by atoms with Crippen LogP contribution >= 0.6 is 15.9 Å². The predicted molar refractivity (Wildman–Crippen MR) is 57.1 cm³/mol. The largest absolute Gasteiger partial charge is 0.366 e. The highest BCUT2D eigenvalue weighted by Gasteiger charge is 2.12. The van der Waals surface area contributed by atoms with Gasteiger partial charge in [-0.1, -0.05) is 15.9 Å². The quantitative estimate of drug-likeness (QED) is 0.597. The van der Waals surface area contributed by atoms with Crippen LogP contribution in [-0.2, 0) is 9.53 Å². The number of ether oxygens (including phenoxy) is 1. The maximum atomic E-state index is 11.1.